The Balaban J connectivity index is 1.16. The van der Waals surface area contributed by atoms with E-state index in [2.05, 4.69) is 134 Å². The van der Waals surface area contributed by atoms with Gasteiger partial charge in [0.15, 0.2) is 19.1 Å². The van der Waals surface area contributed by atoms with Gasteiger partial charge >= 0.3 is 0 Å². The van der Waals surface area contributed by atoms with Crippen LogP contribution < -0.4 is 30.1 Å². The Kier molecular flexibility index (Phi) is 9.85. The Bertz CT molecular complexity index is 5200. The minimum absolute atomic E-state index is 0.0417. The molecule has 0 spiro atoms. The van der Waals surface area contributed by atoms with Crippen LogP contribution in [0.15, 0.2) is 267 Å². The summed E-state index contributed by atoms with van der Waals surface area (Å²) in [7, 11) is -5.60. The van der Waals surface area contributed by atoms with Gasteiger partial charge in [-0.05, 0) is 119 Å². The van der Waals surface area contributed by atoms with Gasteiger partial charge in [0.1, 0.15) is 28.7 Å². The van der Waals surface area contributed by atoms with Crippen molar-refractivity contribution in [3.63, 3.8) is 0 Å². The maximum atomic E-state index is 9.90. The summed E-state index contributed by atoms with van der Waals surface area (Å²) in [6.45, 7) is 19.4. The van der Waals surface area contributed by atoms with Crippen LogP contribution in [0.2, 0.25) is 0 Å². The Morgan fingerprint density at radius 2 is 0.976 bits per heavy atom. The van der Waals surface area contributed by atoms with E-state index in [-0.39, 0.29) is 21.4 Å². The van der Waals surface area contributed by atoms with Crippen molar-refractivity contribution in [3.05, 3.63) is 284 Å². The van der Waals surface area contributed by atoms with Crippen LogP contribution in [-0.4, -0.2) is 22.2 Å². The summed E-state index contributed by atoms with van der Waals surface area (Å²) in [5.41, 5.74) is 9.99. The van der Waals surface area contributed by atoms with Gasteiger partial charge in [-0.15, -0.1) is 0 Å². The molecule has 0 bridgehead atoms. The van der Waals surface area contributed by atoms with E-state index in [4.69, 9.17) is 13.8 Å². The number of aromatic nitrogens is 4. The van der Waals surface area contributed by atoms with Gasteiger partial charge in [0, 0.05) is 40.2 Å². The minimum atomic E-state index is -5.60. The molecule has 3 aromatic heterocycles. The average Bonchev–Trinajstić information content (AvgIpc) is 1.08. The Labute approximate surface area is 516 Å². The van der Waals surface area contributed by atoms with E-state index in [1.807, 2.05) is 101 Å². The first-order chi connectivity index (χ1) is 46.7. The lowest BCUT2D eigenvalue weighted by molar-refractivity contribution is -0.566. The van der Waals surface area contributed by atoms with Crippen molar-refractivity contribution in [2.45, 2.75) is 78.6 Å². The molecule has 0 saturated carbocycles. The predicted octanol–water partition coefficient (Wildman–Crippen LogP) is 16.8. The zero-order valence-electron chi connectivity index (χ0n) is 63.4. The highest BCUT2D eigenvalue weighted by Gasteiger charge is 2.42. The van der Waals surface area contributed by atoms with Gasteiger partial charge in [-0.25, -0.2) is 4.98 Å². The molecule has 3 heterocycles. The Hall–Kier alpha value is -9.36. The third-order valence-corrected chi connectivity index (χ3v) is 20.1. The lowest BCUT2D eigenvalue weighted by Crippen LogP contribution is -2.74. The molecule has 13 aromatic rings. The number of fused-ring (bicyclic) bond motifs is 4. The van der Waals surface area contributed by atoms with Crippen molar-refractivity contribution in [1.29, 1.82) is 0 Å². The fourth-order valence-electron chi connectivity index (χ4n) is 11.6. The lowest BCUT2D eigenvalue weighted by Gasteiger charge is -2.34. The molecule has 0 aliphatic carbocycles. The predicted molar refractivity (Wildman–Crippen MR) is 354 cm³/mol. The molecule has 0 unspecified atom stereocenters. The average molecular weight is 1120 g/mol. The minimum Gasteiger partial charge on any atom is -0.457 e. The number of rotatable bonds is 11. The third-order valence-electron chi connectivity index (χ3n) is 16.0. The summed E-state index contributed by atoms with van der Waals surface area (Å²) in [6, 6.07) is 40.8. The second-order valence-electron chi connectivity index (χ2n) is 24.5. The first-order valence-corrected chi connectivity index (χ1v) is 30.2. The number of ether oxygens (including phenoxy) is 1. The largest absolute Gasteiger partial charge is 0.457 e. The summed E-state index contributed by atoms with van der Waals surface area (Å²) >= 11 is 0. The molecule has 412 valence electrons. The highest BCUT2D eigenvalue weighted by molar-refractivity contribution is 7.20. The molecule has 0 aliphatic rings. The monoisotopic (exact) mass is 1120 g/mol. The van der Waals surface area contributed by atoms with Gasteiger partial charge in [0.2, 0.25) is 0 Å². The van der Waals surface area contributed by atoms with Crippen LogP contribution in [0.25, 0.3) is 72.3 Å². The molecule has 0 amide bonds. The number of benzene rings is 10. The first kappa shape index (κ1) is 39.2. The van der Waals surface area contributed by atoms with Crippen LogP contribution in [0.3, 0.4) is 0 Å². The molecule has 6 heteroatoms. The molecular weight excluding hydrogens is 1040 g/mol. The Morgan fingerprint density at radius 1 is 0.440 bits per heavy atom. The molecule has 0 radical (unpaired) electrons. The number of nitrogens with zero attached hydrogens (tertiary/aromatic N) is 4. The highest BCUT2D eigenvalue weighted by Crippen LogP contribution is 2.40. The highest BCUT2D eigenvalue weighted by atomic mass is 28.3. The second-order valence-corrected chi connectivity index (χ2v) is 28.0. The summed E-state index contributed by atoms with van der Waals surface area (Å²) in [4.78, 5) is 4.90. The summed E-state index contributed by atoms with van der Waals surface area (Å²) < 4.78 is 154. The van der Waals surface area contributed by atoms with Gasteiger partial charge in [0.25, 0.3) is 6.33 Å². The van der Waals surface area contributed by atoms with E-state index < -0.39 is 114 Å². The topological polar surface area (TPSA) is 35.9 Å². The molecule has 0 aliphatic heterocycles. The zero-order chi connectivity index (χ0) is 71.0. The molecule has 0 atom stereocenters. The summed E-state index contributed by atoms with van der Waals surface area (Å²) in [6.07, 6.45) is 3.74. The molecule has 84 heavy (non-hydrogen) atoms. The molecule has 5 nitrogen and oxygen atoms in total. The first-order valence-electron chi connectivity index (χ1n) is 35.7. The Morgan fingerprint density at radius 3 is 1.57 bits per heavy atom. The number of pyridine rings is 1. The van der Waals surface area contributed by atoms with Gasteiger partial charge in [0.05, 0.1) is 31.6 Å². The summed E-state index contributed by atoms with van der Waals surface area (Å²) in [5.74, 6) is 1.66. The second kappa shape index (κ2) is 21.1. The fraction of sp³-hybridized carbons (Fsp3) is 0.154. The molecule has 13 rings (SSSR count). The van der Waals surface area contributed by atoms with Crippen LogP contribution in [0.4, 0.5) is 0 Å². The van der Waals surface area contributed by atoms with E-state index >= 15 is 0 Å². The van der Waals surface area contributed by atoms with Crippen molar-refractivity contribution in [3.8, 4) is 50.9 Å². The standard InChI is InChI=1S/C78H71N4OSi/c1-76(2,3)56-27-21-25-54(47-56)66-38-24-39-67(55-26-22-28-57(48-55)77(4,5)6)75(66)81-53-80(73-52-65(42-44-71(73)81)84(62-31-13-10-14-32-62,63-33-15-11-16-34-63)64-35-17-12-18-36-64)59-29-23-30-60(50-59)83-61-41-43-69-68-37-19-20-40-70(68)82(72(69)51-61)74-49-58(45-46-79-74)78(7,8)9/h10-53H,1-9H3/q+1/i10D,11D,12D,13D,14D,15D,16D,17D,18D,31D,32D,33D,34D,35D,36D. The molecular formula is C78H71N4OSi+. The van der Waals surface area contributed by atoms with Gasteiger partial charge in [-0.1, -0.05) is 250 Å². The number of hydrogen-bond acceptors (Lipinski definition) is 2. The molecule has 0 N–H and O–H groups in total. The lowest BCUT2D eigenvalue weighted by atomic mass is 9.84. The fourth-order valence-corrected chi connectivity index (χ4v) is 15.4. The van der Waals surface area contributed by atoms with Crippen LogP contribution >= 0.6 is 0 Å². The van der Waals surface area contributed by atoms with Crippen molar-refractivity contribution in [1.82, 2.24) is 14.1 Å². The number of hydrogen-bond donors (Lipinski definition) is 0. The number of para-hydroxylation sites is 2. The smallest absolute Gasteiger partial charge is 0.255 e. The van der Waals surface area contributed by atoms with Gasteiger partial charge in [-0.3, -0.25) is 4.57 Å². The quantitative estimate of drug-likeness (QED) is 0.0735. The zero-order valence-corrected chi connectivity index (χ0v) is 49.4. The SMILES string of the molecule is [2H]c1c([2H])c([2H])c([Si](c2ccc3c(c2)n(-c2cccc(Oc4ccc5c6ccccc6n(-c6cc(C(C)(C)C)ccn6)c5c4)c2)c[n+]3-c2c(-c3cccc(C(C)(C)C)c3)cccc2-c2cccc(C(C)(C)C)c2)(c2c([2H])c([2H])c([2H])c([2H])c2[2H])c2c([2H])c([2H])c([2H])c([2H])c2[2H])c([2H])c1[2H]. The van der Waals surface area contributed by atoms with Crippen molar-refractivity contribution in [2.24, 2.45) is 0 Å². The van der Waals surface area contributed by atoms with Crippen LogP contribution in [0, 0.1) is 0 Å². The van der Waals surface area contributed by atoms with Crippen LogP contribution in [0.1, 0.15) is 99.6 Å². The van der Waals surface area contributed by atoms with E-state index in [0.29, 0.717) is 28.2 Å². The maximum absolute atomic E-state index is 9.90. The van der Waals surface area contributed by atoms with Crippen LogP contribution in [-0.2, 0) is 16.2 Å². The maximum Gasteiger partial charge on any atom is 0.255 e. The van der Waals surface area contributed by atoms with Crippen molar-refractivity contribution >= 4 is 61.7 Å². The van der Waals surface area contributed by atoms with Gasteiger partial charge < -0.3 is 4.74 Å². The molecule has 10 aromatic carbocycles. The van der Waals surface area contributed by atoms with E-state index in [1.165, 1.54) is 0 Å². The van der Waals surface area contributed by atoms with Crippen molar-refractivity contribution in [2.75, 3.05) is 0 Å². The van der Waals surface area contributed by atoms with E-state index in [9.17, 15) is 16.4 Å². The van der Waals surface area contributed by atoms with E-state index in [1.54, 1.807) is 18.2 Å². The van der Waals surface area contributed by atoms with E-state index in [0.717, 1.165) is 72.3 Å². The van der Waals surface area contributed by atoms with Gasteiger partial charge in [-0.2, -0.15) is 9.13 Å². The number of imidazole rings is 1. The molecule has 0 saturated heterocycles. The summed E-state index contributed by atoms with van der Waals surface area (Å²) in [5, 5.41) is 0.195. The van der Waals surface area contributed by atoms with Crippen molar-refractivity contribution < 1.29 is 29.9 Å². The van der Waals surface area contributed by atoms with Crippen LogP contribution in [0.5, 0.6) is 11.5 Å². The normalized spacial score (nSPS) is 14.8. The molecule has 0 fully saturated rings. The third kappa shape index (κ3) is 9.74.